The van der Waals surface area contributed by atoms with Gasteiger partial charge in [-0.15, -0.1) is 0 Å². The van der Waals surface area contributed by atoms with Gasteiger partial charge in [-0.1, -0.05) is 18.6 Å². The van der Waals surface area contributed by atoms with Gasteiger partial charge in [0.1, 0.15) is 5.82 Å². The number of piperidine rings is 1. The molecule has 5 heteroatoms. The summed E-state index contributed by atoms with van der Waals surface area (Å²) in [6.45, 7) is 3.92. The van der Waals surface area contributed by atoms with Crippen LogP contribution in [0.5, 0.6) is 0 Å². The quantitative estimate of drug-likeness (QED) is 0.868. The van der Waals surface area contributed by atoms with Gasteiger partial charge in [-0.3, -0.25) is 9.69 Å². The Kier molecular flexibility index (Phi) is 5.70. The first-order valence-corrected chi connectivity index (χ1v) is 7.59. The normalized spacial score (nSPS) is 21.0. The molecule has 0 saturated carbocycles. The van der Waals surface area contributed by atoms with Gasteiger partial charge >= 0.3 is 0 Å². The number of hydrogen-bond acceptors (Lipinski definition) is 3. The summed E-state index contributed by atoms with van der Waals surface area (Å²) in [5.74, 6) is -0.182. The fourth-order valence-corrected chi connectivity index (χ4v) is 2.70. The van der Waals surface area contributed by atoms with Crippen molar-refractivity contribution in [2.75, 3.05) is 13.1 Å². The van der Waals surface area contributed by atoms with Crippen LogP contribution >= 0.6 is 0 Å². The highest BCUT2D eigenvalue weighted by molar-refractivity contribution is 5.82. The van der Waals surface area contributed by atoms with Gasteiger partial charge in [0.05, 0.1) is 6.04 Å². The van der Waals surface area contributed by atoms with Gasteiger partial charge in [0.25, 0.3) is 0 Å². The molecule has 0 aromatic heterocycles. The third-order valence-corrected chi connectivity index (χ3v) is 3.96. The zero-order valence-electron chi connectivity index (χ0n) is 12.5. The number of nitrogens with one attached hydrogen (secondary N) is 1. The summed E-state index contributed by atoms with van der Waals surface area (Å²) >= 11 is 0. The summed E-state index contributed by atoms with van der Waals surface area (Å²) in [6.07, 6.45) is 3.02. The lowest BCUT2D eigenvalue weighted by Crippen LogP contribution is -2.52. The lowest BCUT2D eigenvalue weighted by Gasteiger charge is -2.35. The van der Waals surface area contributed by atoms with E-state index in [-0.39, 0.29) is 23.8 Å². The molecule has 1 saturated heterocycles. The van der Waals surface area contributed by atoms with Crippen LogP contribution in [-0.4, -0.2) is 36.0 Å². The third-order valence-electron chi connectivity index (χ3n) is 3.96. The van der Waals surface area contributed by atoms with Crippen LogP contribution in [-0.2, 0) is 11.3 Å². The van der Waals surface area contributed by atoms with E-state index in [9.17, 15) is 9.18 Å². The Morgan fingerprint density at radius 2 is 2.14 bits per heavy atom. The van der Waals surface area contributed by atoms with Gasteiger partial charge in [-0.25, -0.2) is 4.39 Å². The molecule has 0 radical (unpaired) electrons. The number of halogens is 1. The number of carbonyl (C=O) groups excluding carboxylic acids is 1. The molecule has 0 bridgehead atoms. The number of rotatable bonds is 5. The van der Waals surface area contributed by atoms with Crippen molar-refractivity contribution in [3.63, 3.8) is 0 Å². The number of likely N-dealkylation sites (tertiary alicyclic amines) is 1. The van der Waals surface area contributed by atoms with E-state index in [0.29, 0.717) is 13.1 Å². The van der Waals surface area contributed by atoms with Crippen LogP contribution in [0, 0.1) is 5.82 Å². The maximum Gasteiger partial charge on any atom is 0.237 e. The Labute approximate surface area is 125 Å². The first kappa shape index (κ1) is 15.9. The lowest BCUT2D eigenvalue weighted by molar-refractivity contribution is -0.128. The van der Waals surface area contributed by atoms with Gasteiger partial charge < -0.3 is 11.1 Å². The van der Waals surface area contributed by atoms with E-state index >= 15 is 0 Å². The second-order valence-corrected chi connectivity index (χ2v) is 5.75. The Morgan fingerprint density at radius 3 is 2.81 bits per heavy atom. The summed E-state index contributed by atoms with van der Waals surface area (Å²) in [7, 11) is 0. The molecule has 1 amide bonds. The molecule has 1 heterocycles. The summed E-state index contributed by atoms with van der Waals surface area (Å²) in [5.41, 5.74) is 6.59. The van der Waals surface area contributed by atoms with Crippen LogP contribution in [0.1, 0.15) is 31.7 Å². The average molecular weight is 293 g/mol. The number of benzene rings is 1. The highest BCUT2D eigenvalue weighted by atomic mass is 19.1. The van der Waals surface area contributed by atoms with Crippen molar-refractivity contribution in [3.05, 3.63) is 35.6 Å². The van der Waals surface area contributed by atoms with Crippen LogP contribution in [0.15, 0.2) is 24.3 Å². The average Bonchev–Trinajstić information content (AvgIpc) is 2.50. The number of nitrogens with two attached hydrogens (primary N) is 1. The molecule has 1 fully saturated rings. The van der Waals surface area contributed by atoms with E-state index in [4.69, 9.17) is 5.73 Å². The minimum atomic E-state index is -0.233. The molecule has 1 unspecified atom stereocenters. The predicted molar refractivity (Wildman–Crippen MR) is 81.1 cm³/mol. The van der Waals surface area contributed by atoms with E-state index < -0.39 is 0 Å². The summed E-state index contributed by atoms with van der Waals surface area (Å²) in [6, 6.07) is 6.36. The number of carbonyl (C=O) groups is 1. The Balaban J connectivity index is 2.01. The van der Waals surface area contributed by atoms with Crippen molar-refractivity contribution < 1.29 is 9.18 Å². The predicted octanol–water partition coefficient (Wildman–Crippen LogP) is 1.64. The van der Waals surface area contributed by atoms with E-state index in [1.54, 1.807) is 12.1 Å². The largest absolute Gasteiger partial charge is 0.351 e. The van der Waals surface area contributed by atoms with Crippen molar-refractivity contribution >= 4 is 5.91 Å². The molecule has 2 rings (SSSR count). The van der Waals surface area contributed by atoms with Gasteiger partial charge in [0.2, 0.25) is 5.91 Å². The monoisotopic (exact) mass is 293 g/mol. The summed E-state index contributed by atoms with van der Waals surface area (Å²) < 4.78 is 13.0. The maximum absolute atomic E-state index is 13.0. The van der Waals surface area contributed by atoms with Gasteiger partial charge in [0, 0.05) is 19.1 Å². The third kappa shape index (κ3) is 4.51. The molecule has 0 spiro atoms. The lowest BCUT2D eigenvalue weighted by atomic mass is 10.00. The smallest absolute Gasteiger partial charge is 0.237 e. The van der Waals surface area contributed by atoms with Gasteiger partial charge in [-0.05, 0) is 44.0 Å². The fraction of sp³-hybridized carbons (Fsp3) is 0.562. The maximum atomic E-state index is 13.0. The van der Waals surface area contributed by atoms with Crippen molar-refractivity contribution in [1.29, 1.82) is 0 Å². The van der Waals surface area contributed by atoms with E-state index in [1.165, 1.54) is 12.1 Å². The van der Waals surface area contributed by atoms with Crippen molar-refractivity contribution in [1.82, 2.24) is 10.2 Å². The molecule has 1 aromatic rings. The zero-order chi connectivity index (χ0) is 15.2. The molecule has 4 nitrogen and oxygen atoms in total. The zero-order valence-corrected chi connectivity index (χ0v) is 12.5. The highest BCUT2D eigenvalue weighted by Crippen LogP contribution is 2.20. The first-order chi connectivity index (χ1) is 10.1. The molecule has 116 valence electrons. The Morgan fingerprint density at radius 1 is 1.43 bits per heavy atom. The molecule has 3 N–H and O–H groups in total. The Bertz CT molecular complexity index is 463. The molecule has 1 aliphatic heterocycles. The van der Waals surface area contributed by atoms with Gasteiger partial charge in [0.15, 0.2) is 0 Å². The second-order valence-electron chi connectivity index (χ2n) is 5.75. The minimum absolute atomic E-state index is 0.00732. The van der Waals surface area contributed by atoms with Crippen LogP contribution in [0.3, 0.4) is 0 Å². The SMILES string of the molecule is C[C@@H](CN)NC(=O)C1CCCCN1Cc1ccc(F)cc1. The first-order valence-electron chi connectivity index (χ1n) is 7.59. The van der Waals surface area contributed by atoms with Crippen LogP contribution in [0.2, 0.25) is 0 Å². The van der Waals surface area contributed by atoms with Crippen molar-refractivity contribution in [3.8, 4) is 0 Å². The molecular formula is C16H24FN3O. The molecule has 1 aliphatic rings. The Hall–Kier alpha value is -1.46. The summed E-state index contributed by atoms with van der Waals surface area (Å²) in [5, 5.41) is 2.96. The minimum Gasteiger partial charge on any atom is -0.351 e. The number of amides is 1. The van der Waals surface area contributed by atoms with Crippen molar-refractivity contribution in [2.24, 2.45) is 5.73 Å². The van der Waals surface area contributed by atoms with Crippen LogP contribution in [0.4, 0.5) is 4.39 Å². The van der Waals surface area contributed by atoms with Crippen LogP contribution < -0.4 is 11.1 Å². The second kappa shape index (κ2) is 7.52. The van der Waals surface area contributed by atoms with E-state index in [0.717, 1.165) is 31.4 Å². The topological polar surface area (TPSA) is 58.4 Å². The van der Waals surface area contributed by atoms with E-state index in [2.05, 4.69) is 10.2 Å². The molecular weight excluding hydrogens is 269 g/mol. The number of hydrogen-bond donors (Lipinski definition) is 2. The summed E-state index contributed by atoms with van der Waals surface area (Å²) in [4.78, 5) is 14.5. The molecule has 0 aliphatic carbocycles. The van der Waals surface area contributed by atoms with Crippen molar-refractivity contribution in [2.45, 2.75) is 44.8 Å². The molecule has 2 atom stereocenters. The number of nitrogens with zero attached hydrogens (tertiary/aromatic N) is 1. The highest BCUT2D eigenvalue weighted by Gasteiger charge is 2.29. The fourth-order valence-electron chi connectivity index (χ4n) is 2.70. The molecule has 1 aromatic carbocycles. The standard InChI is InChI=1S/C16H24FN3O/c1-12(10-18)19-16(21)15-4-2-3-9-20(15)11-13-5-7-14(17)8-6-13/h5-8,12,15H,2-4,9-11,18H2,1H3,(H,19,21)/t12-,15?/m0/s1. The van der Waals surface area contributed by atoms with Crippen LogP contribution in [0.25, 0.3) is 0 Å². The van der Waals surface area contributed by atoms with E-state index in [1.807, 2.05) is 6.92 Å². The molecule has 21 heavy (non-hydrogen) atoms. The van der Waals surface area contributed by atoms with Gasteiger partial charge in [-0.2, -0.15) is 0 Å².